The van der Waals surface area contributed by atoms with Crippen LogP contribution in [0.4, 0.5) is 0 Å². The van der Waals surface area contributed by atoms with E-state index in [0.717, 1.165) is 31.8 Å². The molecule has 0 bridgehead atoms. The van der Waals surface area contributed by atoms with Gasteiger partial charge in [-0.3, -0.25) is 4.79 Å². The normalized spacial score (nSPS) is 29.5. The molecule has 1 saturated carbocycles. The molecule has 74 valence electrons. The molecule has 2 rings (SSSR count). The summed E-state index contributed by atoms with van der Waals surface area (Å²) in [4.78, 5) is 11.1. The highest BCUT2D eigenvalue weighted by Crippen LogP contribution is 2.18. The SMILES string of the molecule is O=C1CCCC(CNC2CCC2)N1. The lowest BCUT2D eigenvalue weighted by Gasteiger charge is -2.30. The molecule has 0 aromatic rings. The molecule has 1 amide bonds. The van der Waals surface area contributed by atoms with E-state index >= 15 is 0 Å². The second kappa shape index (κ2) is 4.09. The minimum atomic E-state index is 0.228. The highest BCUT2D eigenvalue weighted by molar-refractivity contribution is 5.76. The molecule has 1 heterocycles. The van der Waals surface area contributed by atoms with Crippen molar-refractivity contribution in [2.45, 2.75) is 50.6 Å². The second-order valence-electron chi connectivity index (χ2n) is 4.19. The predicted molar refractivity (Wildman–Crippen MR) is 51.4 cm³/mol. The van der Waals surface area contributed by atoms with Crippen molar-refractivity contribution in [3.8, 4) is 0 Å². The largest absolute Gasteiger partial charge is 0.352 e. The van der Waals surface area contributed by atoms with Crippen molar-refractivity contribution in [2.24, 2.45) is 0 Å². The van der Waals surface area contributed by atoms with E-state index in [1.807, 2.05) is 0 Å². The van der Waals surface area contributed by atoms with E-state index in [-0.39, 0.29) is 5.91 Å². The Hall–Kier alpha value is -0.570. The van der Waals surface area contributed by atoms with Gasteiger partial charge in [0.25, 0.3) is 0 Å². The van der Waals surface area contributed by atoms with E-state index in [1.165, 1.54) is 19.3 Å². The van der Waals surface area contributed by atoms with Gasteiger partial charge in [0.2, 0.25) is 5.91 Å². The Bertz CT molecular complexity index is 189. The maximum absolute atomic E-state index is 11.1. The van der Waals surface area contributed by atoms with Gasteiger partial charge in [-0.25, -0.2) is 0 Å². The van der Waals surface area contributed by atoms with Crippen molar-refractivity contribution in [3.63, 3.8) is 0 Å². The number of amides is 1. The number of piperidine rings is 1. The molecule has 2 N–H and O–H groups in total. The zero-order valence-electron chi connectivity index (χ0n) is 8.01. The van der Waals surface area contributed by atoms with Gasteiger partial charge in [-0.15, -0.1) is 0 Å². The van der Waals surface area contributed by atoms with Crippen LogP contribution in [0.3, 0.4) is 0 Å². The van der Waals surface area contributed by atoms with Crippen molar-refractivity contribution in [1.82, 2.24) is 10.6 Å². The zero-order valence-corrected chi connectivity index (χ0v) is 8.01. The third-order valence-corrected chi connectivity index (χ3v) is 3.08. The first-order chi connectivity index (χ1) is 6.34. The van der Waals surface area contributed by atoms with Crippen LogP contribution in [-0.2, 0) is 4.79 Å². The van der Waals surface area contributed by atoms with Gasteiger partial charge in [0.05, 0.1) is 0 Å². The first-order valence-electron chi connectivity index (χ1n) is 5.37. The highest BCUT2D eigenvalue weighted by Gasteiger charge is 2.21. The van der Waals surface area contributed by atoms with Crippen LogP contribution >= 0.6 is 0 Å². The van der Waals surface area contributed by atoms with Crippen molar-refractivity contribution in [1.29, 1.82) is 0 Å². The van der Waals surface area contributed by atoms with Crippen molar-refractivity contribution >= 4 is 5.91 Å². The van der Waals surface area contributed by atoms with Crippen LogP contribution in [0.25, 0.3) is 0 Å². The summed E-state index contributed by atoms with van der Waals surface area (Å²) in [5.74, 6) is 0.228. The van der Waals surface area contributed by atoms with Crippen LogP contribution in [-0.4, -0.2) is 24.5 Å². The van der Waals surface area contributed by atoms with Gasteiger partial charge in [0, 0.05) is 25.0 Å². The van der Waals surface area contributed by atoms with Crippen LogP contribution in [0.15, 0.2) is 0 Å². The Kier molecular flexibility index (Phi) is 2.83. The van der Waals surface area contributed by atoms with Gasteiger partial charge in [0.15, 0.2) is 0 Å². The van der Waals surface area contributed by atoms with Crippen LogP contribution in [0, 0.1) is 0 Å². The average Bonchev–Trinajstić information content (AvgIpc) is 2.01. The van der Waals surface area contributed by atoms with E-state index < -0.39 is 0 Å². The molecule has 0 aromatic heterocycles. The summed E-state index contributed by atoms with van der Waals surface area (Å²) in [7, 11) is 0. The van der Waals surface area contributed by atoms with E-state index in [2.05, 4.69) is 10.6 Å². The number of carbonyl (C=O) groups excluding carboxylic acids is 1. The molecule has 0 aromatic carbocycles. The van der Waals surface area contributed by atoms with Gasteiger partial charge in [-0.2, -0.15) is 0 Å². The first-order valence-corrected chi connectivity index (χ1v) is 5.37. The highest BCUT2D eigenvalue weighted by atomic mass is 16.1. The standard InChI is InChI=1S/C10H18N2O/c13-10-6-2-5-9(12-10)7-11-8-3-1-4-8/h8-9,11H,1-7H2,(H,12,13). The second-order valence-corrected chi connectivity index (χ2v) is 4.19. The molecular formula is C10H18N2O. The Balaban J connectivity index is 1.65. The molecule has 0 spiro atoms. The maximum atomic E-state index is 11.1. The minimum absolute atomic E-state index is 0.228. The Morgan fingerprint density at radius 2 is 2.15 bits per heavy atom. The van der Waals surface area contributed by atoms with Crippen LogP contribution in [0.5, 0.6) is 0 Å². The lowest BCUT2D eigenvalue weighted by molar-refractivity contribution is -0.123. The summed E-state index contributed by atoms with van der Waals surface area (Å²) in [6, 6.07) is 1.13. The molecule has 2 aliphatic rings. The molecule has 1 aliphatic carbocycles. The van der Waals surface area contributed by atoms with Crippen LogP contribution in [0.1, 0.15) is 38.5 Å². The lowest BCUT2D eigenvalue weighted by Crippen LogP contribution is -2.48. The topological polar surface area (TPSA) is 41.1 Å². The fraction of sp³-hybridized carbons (Fsp3) is 0.900. The van der Waals surface area contributed by atoms with Gasteiger partial charge >= 0.3 is 0 Å². The summed E-state index contributed by atoms with van der Waals surface area (Å²) in [6.45, 7) is 0.969. The monoisotopic (exact) mass is 182 g/mol. The van der Waals surface area contributed by atoms with Gasteiger partial charge in [0.1, 0.15) is 0 Å². The molecule has 3 nitrogen and oxygen atoms in total. The fourth-order valence-corrected chi connectivity index (χ4v) is 1.96. The lowest BCUT2D eigenvalue weighted by atomic mass is 9.92. The van der Waals surface area contributed by atoms with Gasteiger partial charge in [-0.05, 0) is 25.7 Å². The summed E-state index contributed by atoms with van der Waals surface area (Å²) in [6.07, 6.45) is 6.93. The predicted octanol–water partition coefficient (Wildman–Crippen LogP) is 0.797. The number of hydrogen-bond acceptors (Lipinski definition) is 2. The summed E-state index contributed by atoms with van der Waals surface area (Å²) < 4.78 is 0. The number of hydrogen-bond donors (Lipinski definition) is 2. The molecule has 0 radical (unpaired) electrons. The number of nitrogens with one attached hydrogen (secondary N) is 2. The van der Waals surface area contributed by atoms with E-state index in [9.17, 15) is 4.79 Å². The third kappa shape index (κ3) is 2.44. The van der Waals surface area contributed by atoms with Crippen molar-refractivity contribution in [2.75, 3.05) is 6.54 Å². The van der Waals surface area contributed by atoms with E-state index in [0.29, 0.717) is 6.04 Å². The van der Waals surface area contributed by atoms with E-state index in [4.69, 9.17) is 0 Å². The van der Waals surface area contributed by atoms with Crippen LogP contribution in [0.2, 0.25) is 0 Å². The smallest absolute Gasteiger partial charge is 0.220 e. The molecule has 1 atom stereocenters. The minimum Gasteiger partial charge on any atom is -0.352 e. The summed E-state index contributed by atoms with van der Waals surface area (Å²) in [5.41, 5.74) is 0. The molecular weight excluding hydrogens is 164 g/mol. The van der Waals surface area contributed by atoms with Crippen molar-refractivity contribution < 1.29 is 4.79 Å². The molecule has 1 aliphatic heterocycles. The molecule has 1 saturated heterocycles. The van der Waals surface area contributed by atoms with Crippen molar-refractivity contribution in [3.05, 3.63) is 0 Å². The summed E-state index contributed by atoms with van der Waals surface area (Å²) in [5, 5.41) is 6.51. The van der Waals surface area contributed by atoms with E-state index in [1.54, 1.807) is 0 Å². The maximum Gasteiger partial charge on any atom is 0.220 e. The number of carbonyl (C=O) groups is 1. The number of rotatable bonds is 3. The Morgan fingerprint density at radius 1 is 1.31 bits per heavy atom. The van der Waals surface area contributed by atoms with Gasteiger partial charge in [-0.1, -0.05) is 6.42 Å². The molecule has 13 heavy (non-hydrogen) atoms. The van der Waals surface area contributed by atoms with Crippen LogP contribution < -0.4 is 10.6 Å². The molecule has 1 unspecified atom stereocenters. The Labute approximate surface area is 79.3 Å². The first kappa shape index (κ1) is 9.00. The molecule has 3 heteroatoms. The average molecular weight is 182 g/mol. The molecule has 2 fully saturated rings. The summed E-state index contributed by atoms with van der Waals surface area (Å²) >= 11 is 0. The van der Waals surface area contributed by atoms with Gasteiger partial charge < -0.3 is 10.6 Å². The quantitative estimate of drug-likeness (QED) is 0.677. The third-order valence-electron chi connectivity index (χ3n) is 3.08. The zero-order chi connectivity index (χ0) is 9.10. The Morgan fingerprint density at radius 3 is 2.77 bits per heavy atom. The fourth-order valence-electron chi connectivity index (χ4n) is 1.96.